The third-order valence-corrected chi connectivity index (χ3v) is 4.99. The van der Waals surface area contributed by atoms with Crippen LogP contribution < -0.4 is 5.32 Å². The quantitative estimate of drug-likeness (QED) is 0.494. The first-order valence-corrected chi connectivity index (χ1v) is 9.35. The molecule has 6 nitrogen and oxygen atoms in total. The molecule has 2 heterocycles. The second-order valence-electron chi connectivity index (χ2n) is 6.32. The molecule has 142 valence electrons. The smallest absolute Gasteiger partial charge is 0.258 e. The molecule has 0 aliphatic rings. The second kappa shape index (κ2) is 7.55. The van der Waals surface area contributed by atoms with E-state index in [-0.39, 0.29) is 22.0 Å². The number of nitrogens with zero attached hydrogens (tertiary/aromatic N) is 4. The molecule has 0 radical (unpaired) electrons. The number of carbonyl (C=O) groups excluding carboxylic acids is 1. The topological polar surface area (TPSA) is 83.6 Å². The van der Waals surface area contributed by atoms with E-state index in [1.807, 2.05) is 43.3 Å². The Bertz CT molecular complexity index is 1310. The highest BCUT2D eigenvalue weighted by atomic mass is 35.5. The summed E-state index contributed by atoms with van der Waals surface area (Å²) in [4.78, 5) is 17.4. The van der Waals surface area contributed by atoms with E-state index in [1.165, 1.54) is 23.0 Å². The van der Waals surface area contributed by atoms with Crippen molar-refractivity contribution in [3.05, 3.63) is 81.5 Å². The van der Waals surface area contributed by atoms with Gasteiger partial charge in [0.1, 0.15) is 11.6 Å². The lowest BCUT2D eigenvalue weighted by Crippen LogP contribution is -2.17. The van der Waals surface area contributed by atoms with Crippen molar-refractivity contribution >= 4 is 45.8 Å². The molecule has 1 N–H and O–H groups in total. The van der Waals surface area contributed by atoms with Crippen molar-refractivity contribution in [2.45, 2.75) is 6.92 Å². The van der Waals surface area contributed by atoms with Gasteiger partial charge in [0.2, 0.25) is 0 Å². The van der Waals surface area contributed by atoms with Gasteiger partial charge in [-0.1, -0.05) is 41.4 Å². The van der Waals surface area contributed by atoms with Gasteiger partial charge in [-0.05, 0) is 42.8 Å². The summed E-state index contributed by atoms with van der Waals surface area (Å²) < 4.78 is 1.42. The Balaban J connectivity index is 1.80. The third-order valence-electron chi connectivity index (χ3n) is 4.42. The van der Waals surface area contributed by atoms with Crippen molar-refractivity contribution < 1.29 is 4.79 Å². The van der Waals surface area contributed by atoms with E-state index < -0.39 is 5.91 Å². The van der Waals surface area contributed by atoms with E-state index in [0.717, 1.165) is 16.5 Å². The van der Waals surface area contributed by atoms with Crippen LogP contribution in [0.4, 0.5) is 5.82 Å². The molecule has 0 aliphatic carbocycles. The standard InChI is InChI=1S/C21H13Cl2N5O/c1-12-8-19(26-18-5-3-2-4-15(12)18)28-20(13(10-24)11-25-28)27-21(29)16-9-14(22)6-7-17(16)23/h2-9,11H,1H3,(H,27,29). The fraction of sp³-hybridized carbons (Fsp3) is 0.0476. The lowest BCUT2D eigenvalue weighted by molar-refractivity contribution is 0.102. The van der Waals surface area contributed by atoms with E-state index in [2.05, 4.69) is 15.4 Å². The molecule has 4 rings (SSSR count). The molecule has 0 saturated carbocycles. The zero-order chi connectivity index (χ0) is 20.5. The Morgan fingerprint density at radius 3 is 2.76 bits per heavy atom. The van der Waals surface area contributed by atoms with E-state index in [4.69, 9.17) is 23.2 Å². The van der Waals surface area contributed by atoms with Crippen LogP contribution in [-0.2, 0) is 0 Å². The lowest BCUT2D eigenvalue weighted by Gasteiger charge is -2.12. The average molecular weight is 422 g/mol. The Morgan fingerprint density at radius 2 is 1.97 bits per heavy atom. The summed E-state index contributed by atoms with van der Waals surface area (Å²) in [5.41, 5.74) is 2.17. The number of para-hydroxylation sites is 1. The molecular weight excluding hydrogens is 409 g/mol. The average Bonchev–Trinajstić information content (AvgIpc) is 3.12. The molecule has 0 unspecified atom stereocenters. The minimum Gasteiger partial charge on any atom is -0.305 e. The van der Waals surface area contributed by atoms with Crippen LogP contribution in [0.25, 0.3) is 16.7 Å². The van der Waals surface area contributed by atoms with Gasteiger partial charge in [0.15, 0.2) is 11.6 Å². The molecule has 0 aliphatic heterocycles. The number of aromatic nitrogens is 3. The first-order chi connectivity index (χ1) is 14.0. The molecule has 0 fully saturated rings. The third kappa shape index (κ3) is 3.54. The van der Waals surface area contributed by atoms with Crippen LogP contribution >= 0.6 is 23.2 Å². The summed E-state index contributed by atoms with van der Waals surface area (Å²) >= 11 is 12.1. The number of nitriles is 1. The molecule has 4 aromatic rings. The Kier molecular flexibility index (Phi) is 4.93. The fourth-order valence-corrected chi connectivity index (χ4v) is 3.39. The van der Waals surface area contributed by atoms with Crippen molar-refractivity contribution in [2.24, 2.45) is 0 Å². The predicted molar refractivity (Wildman–Crippen MR) is 113 cm³/mol. The van der Waals surface area contributed by atoms with Crippen molar-refractivity contribution in [3.63, 3.8) is 0 Å². The number of hydrogen-bond acceptors (Lipinski definition) is 4. The second-order valence-corrected chi connectivity index (χ2v) is 7.17. The number of rotatable bonds is 3. The minimum atomic E-state index is -0.506. The molecule has 0 bridgehead atoms. The maximum absolute atomic E-state index is 12.8. The maximum atomic E-state index is 12.8. The van der Waals surface area contributed by atoms with Gasteiger partial charge in [-0.2, -0.15) is 15.0 Å². The number of pyridine rings is 1. The highest BCUT2D eigenvalue weighted by Gasteiger charge is 2.19. The van der Waals surface area contributed by atoms with Gasteiger partial charge < -0.3 is 5.32 Å². The van der Waals surface area contributed by atoms with E-state index >= 15 is 0 Å². The van der Waals surface area contributed by atoms with Crippen LogP contribution in [0.1, 0.15) is 21.5 Å². The molecule has 2 aromatic heterocycles. The van der Waals surface area contributed by atoms with Gasteiger partial charge in [0.05, 0.1) is 22.3 Å². The van der Waals surface area contributed by atoms with Crippen LogP contribution in [-0.4, -0.2) is 20.7 Å². The van der Waals surface area contributed by atoms with Gasteiger partial charge >= 0.3 is 0 Å². The first-order valence-electron chi connectivity index (χ1n) is 8.59. The van der Waals surface area contributed by atoms with E-state index in [1.54, 1.807) is 6.07 Å². The van der Waals surface area contributed by atoms with Crippen LogP contribution in [0.5, 0.6) is 0 Å². The lowest BCUT2D eigenvalue weighted by atomic mass is 10.1. The Labute approximate surface area is 176 Å². The number of nitrogens with one attached hydrogen (secondary N) is 1. The summed E-state index contributed by atoms with van der Waals surface area (Å²) in [6.45, 7) is 1.96. The molecule has 2 aromatic carbocycles. The fourth-order valence-electron chi connectivity index (χ4n) is 3.01. The number of fused-ring (bicyclic) bond motifs is 1. The van der Waals surface area contributed by atoms with Crippen LogP contribution in [0.2, 0.25) is 10.0 Å². The summed E-state index contributed by atoms with van der Waals surface area (Å²) in [5, 5.41) is 18.1. The molecule has 0 atom stereocenters. The molecule has 8 heteroatoms. The molecule has 1 amide bonds. The van der Waals surface area contributed by atoms with Crippen molar-refractivity contribution in [1.29, 1.82) is 5.26 Å². The number of benzene rings is 2. The Hall–Kier alpha value is -3.40. The molecule has 0 spiro atoms. The maximum Gasteiger partial charge on any atom is 0.258 e. The van der Waals surface area contributed by atoms with Crippen molar-refractivity contribution in [1.82, 2.24) is 14.8 Å². The summed E-state index contributed by atoms with van der Waals surface area (Å²) in [6.07, 6.45) is 1.38. The normalized spacial score (nSPS) is 10.7. The van der Waals surface area contributed by atoms with Crippen LogP contribution in [0, 0.1) is 18.3 Å². The molecule has 29 heavy (non-hydrogen) atoms. The highest BCUT2D eigenvalue weighted by Crippen LogP contribution is 2.26. The number of anilines is 1. The first kappa shape index (κ1) is 18.9. The molecular formula is C21H13Cl2N5O. The van der Waals surface area contributed by atoms with Crippen molar-refractivity contribution in [2.75, 3.05) is 5.32 Å². The Morgan fingerprint density at radius 1 is 1.17 bits per heavy atom. The highest BCUT2D eigenvalue weighted by molar-refractivity contribution is 6.36. The van der Waals surface area contributed by atoms with Gasteiger partial charge in [-0.3, -0.25) is 4.79 Å². The van der Waals surface area contributed by atoms with Gasteiger partial charge in [0, 0.05) is 10.4 Å². The SMILES string of the molecule is Cc1cc(-n2ncc(C#N)c2NC(=O)c2cc(Cl)ccc2Cl)nc2ccccc12. The summed E-state index contributed by atoms with van der Waals surface area (Å²) in [7, 11) is 0. The van der Waals surface area contributed by atoms with Crippen LogP contribution in [0.3, 0.4) is 0 Å². The number of carbonyl (C=O) groups is 1. The monoisotopic (exact) mass is 421 g/mol. The zero-order valence-corrected chi connectivity index (χ0v) is 16.7. The van der Waals surface area contributed by atoms with E-state index in [9.17, 15) is 10.1 Å². The number of amides is 1. The van der Waals surface area contributed by atoms with Crippen molar-refractivity contribution in [3.8, 4) is 11.9 Å². The largest absolute Gasteiger partial charge is 0.305 e. The summed E-state index contributed by atoms with van der Waals surface area (Å²) in [5.74, 6) is 0.180. The van der Waals surface area contributed by atoms with Gasteiger partial charge in [-0.25, -0.2) is 4.98 Å². The number of hydrogen-bond donors (Lipinski definition) is 1. The number of halogens is 2. The predicted octanol–water partition coefficient (Wildman–Crippen LogP) is 5.16. The number of aryl methyl sites for hydroxylation is 1. The summed E-state index contributed by atoms with van der Waals surface area (Å²) in [6, 6.07) is 16.2. The van der Waals surface area contributed by atoms with Crippen LogP contribution in [0.15, 0.2) is 54.7 Å². The van der Waals surface area contributed by atoms with E-state index in [0.29, 0.717) is 10.8 Å². The zero-order valence-electron chi connectivity index (χ0n) is 15.1. The minimum absolute atomic E-state index is 0.193. The molecule has 0 saturated heterocycles. The van der Waals surface area contributed by atoms with Gasteiger partial charge in [-0.15, -0.1) is 0 Å². The van der Waals surface area contributed by atoms with Gasteiger partial charge in [0.25, 0.3) is 5.91 Å².